The van der Waals surface area contributed by atoms with Gasteiger partial charge in [0.25, 0.3) is 0 Å². The summed E-state index contributed by atoms with van der Waals surface area (Å²) in [6, 6.07) is 5.63. The smallest absolute Gasteiger partial charge is 0.122 e. The predicted molar refractivity (Wildman–Crippen MR) is 87.5 cm³/mol. The van der Waals surface area contributed by atoms with Gasteiger partial charge in [-0.05, 0) is 24.1 Å². The summed E-state index contributed by atoms with van der Waals surface area (Å²) in [6.07, 6.45) is 2.42. The van der Waals surface area contributed by atoms with E-state index in [9.17, 15) is 0 Å². The molecule has 3 N–H and O–H groups in total. The van der Waals surface area contributed by atoms with Gasteiger partial charge in [-0.3, -0.25) is 10.3 Å². The van der Waals surface area contributed by atoms with Crippen LogP contribution in [-0.4, -0.2) is 23.8 Å². The van der Waals surface area contributed by atoms with Gasteiger partial charge in [-0.2, -0.15) is 0 Å². The van der Waals surface area contributed by atoms with Crippen molar-refractivity contribution in [1.29, 1.82) is 5.41 Å². The highest BCUT2D eigenvalue weighted by molar-refractivity contribution is 6.31. The maximum absolute atomic E-state index is 7.43. The highest BCUT2D eigenvalue weighted by Gasteiger charge is 2.12. The summed E-state index contributed by atoms with van der Waals surface area (Å²) in [4.78, 5) is 2.42. The summed E-state index contributed by atoms with van der Waals surface area (Å²) in [5, 5.41) is 8.13. The molecule has 0 spiro atoms. The summed E-state index contributed by atoms with van der Waals surface area (Å²) in [6.45, 7) is 9.65. The largest absolute Gasteiger partial charge is 0.384 e. The number of hydrogen-bond donors (Lipinski definition) is 2. The molecule has 0 saturated heterocycles. The highest BCUT2D eigenvalue weighted by Crippen LogP contribution is 2.21. The Hall–Kier alpha value is -1.06. The van der Waals surface area contributed by atoms with Crippen molar-refractivity contribution in [2.45, 2.75) is 40.2 Å². The van der Waals surface area contributed by atoms with Crippen LogP contribution >= 0.6 is 11.6 Å². The molecule has 0 fully saturated rings. The Balaban J connectivity index is 2.77. The standard InChI is InChI=1S/C16H26ClN3/c1-4-12(5-2)10-20(6-3)11-14-8-7-13(16(18)19)9-15(14)17/h7-9,12H,4-6,10-11H2,1-3H3,(H3,18,19). The fourth-order valence-electron chi connectivity index (χ4n) is 2.30. The highest BCUT2D eigenvalue weighted by atomic mass is 35.5. The second-order valence-electron chi connectivity index (χ2n) is 5.23. The average molecular weight is 296 g/mol. The molecule has 0 atom stereocenters. The molecule has 0 aromatic heterocycles. The molecule has 0 bridgehead atoms. The Morgan fingerprint density at radius 3 is 2.40 bits per heavy atom. The van der Waals surface area contributed by atoms with E-state index in [1.165, 1.54) is 12.8 Å². The van der Waals surface area contributed by atoms with Crippen LogP contribution in [0.5, 0.6) is 0 Å². The summed E-state index contributed by atoms with van der Waals surface area (Å²) in [7, 11) is 0. The molecule has 0 heterocycles. The topological polar surface area (TPSA) is 53.1 Å². The van der Waals surface area contributed by atoms with E-state index >= 15 is 0 Å². The van der Waals surface area contributed by atoms with Crippen LogP contribution in [0.4, 0.5) is 0 Å². The number of halogens is 1. The molecule has 1 aromatic carbocycles. The van der Waals surface area contributed by atoms with Crippen molar-refractivity contribution in [3.05, 3.63) is 34.3 Å². The SMILES string of the molecule is CCC(CC)CN(CC)Cc1ccc(C(=N)N)cc1Cl. The van der Waals surface area contributed by atoms with Gasteiger partial charge >= 0.3 is 0 Å². The van der Waals surface area contributed by atoms with Crippen molar-refractivity contribution in [2.75, 3.05) is 13.1 Å². The number of hydrogen-bond acceptors (Lipinski definition) is 2. The van der Waals surface area contributed by atoms with E-state index in [1.54, 1.807) is 6.07 Å². The summed E-state index contributed by atoms with van der Waals surface area (Å²) in [5.74, 6) is 0.799. The van der Waals surface area contributed by atoms with Gasteiger partial charge in [0.15, 0.2) is 0 Å². The lowest BCUT2D eigenvalue weighted by Gasteiger charge is -2.25. The van der Waals surface area contributed by atoms with Gasteiger partial charge in [0.05, 0.1) is 0 Å². The van der Waals surface area contributed by atoms with Gasteiger partial charge in [-0.1, -0.05) is 57.3 Å². The monoisotopic (exact) mass is 295 g/mol. The minimum Gasteiger partial charge on any atom is -0.384 e. The van der Waals surface area contributed by atoms with Gasteiger partial charge in [-0.15, -0.1) is 0 Å². The van der Waals surface area contributed by atoms with E-state index in [4.69, 9.17) is 22.7 Å². The maximum Gasteiger partial charge on any atom is 0.122 e. The van der Waals surface area contributed by atoms with Crippen molar-refractivity contribution in [2.24, 2.45) is 11.7 Å². The first-order valence-corrected chi connectivity index (χ1v) is 7.74. The average Bonchev–Trinajstić information content (AvgIpc) is 2.44. The Morgan fingerprint density at radius 2 is 1.95 bits per heavy atom. The molecule has 1 aromatic rings. The number of nitrogens with zero attached hydrogens (tertiary/aromatic N) is 1. The second-order valence-corrected chi connectivity index (χ2v) is 5.64. The van der Waals surface area contributed by atoms with E-state index < -0.39 is 0 Å². The molecule has 0 saturated carbocycles. The number of amidine groups is 1. The minimum absolute atomic E-state index is 0.0582. The van der Waals surface area contributed by atoms with Crippen molar-refractivity contribution in [1.82, 2.24) is 4.90 Å². The summed E-state index contributed by atoms with van der Waals surface area (Å²) < 4.78 is 0. The number of nitrogen functional groups attached to an aromatic ring is 1. The normalized spacial score (nSPS) is 11.3. The lowest BCUT2D eigenvalue weighted by molar-refractivity contribution is 0.226. The Kier molecular flexibility index (Phi) is 7.03. The van der Waals surface area contributed by atoms with E-state index in [-0.39, 0.29) is 5.84 Å². The van der Waals surface area contributed by atoms with Crippen LogP contribution in [0.3, 0.4) is 0 Å². The van der Waals surface area contributed by atoms with E-state index in [2.05, 4.69) is 25.7 Å². The Bertz CT molecular complexity index is 441. The number of benzene rings is 1. The van der Waals surface area contributed by atoms with Crippen molar-refractivity contribution in [3.8, 4) is 0 Å². The molecule has 3 nitrogen and oxygen atoms in total. The van der Waals surface area contributed by atoms with Crippen LogP contribution in [0.25, 0.3) is 0 Å². The lowest BCUT2D eigenvalue weighted by atomic mass is 10.0. The third-order valence-corrected chi connectivity index (χ3v) is 4.23. The Labute approximate surface area is 127 Å². The maximum atomic E-state index is 7.43. The van der Waals surface area contributed by atoms with Crippen LogP contribution in [0, 0.1) is 11.3 Å². The van der Waals surface area contributed by atoms with Gasteiger partial charge in [0, 0.05) is 23.7 Å². The van der Waals surface area contributed by atoms with Gasteiger partial charge in [0.1, 0.15) is 5.84 Å². The van der Waals surface area contributed by atoms with E-state index in [0.29, 0.717) is 10.6 Å². The molecule has 0 aliphatic rings. The molecule has 4 heteroatoms. The summed E-state index contributed by atoms with van der Waals surface area (Å²) >= 11 is 6.30. The third kappa shape index (κ3) is 4.80. The van der Waals surface area contributed by atoms with E-state index in [0.717, 1.165) is 31.1 Å². The van der Waals surface area contributed by atoms with Crippen molar-refractivity contribution in [3.63, 3.8) is 0 Å². The molecular weight excluding hydrogens is 270 g/mol. The van der Waals surface area contributed by atoms with Crippen molar-refractivity contribution >= 4 is 17.4 Å². The van der Waals surface area contributed by atoms with E-state index in [1.807, 2.05) is 12.1 Å². The number of rotatable bonds is 8. The second kappa shape index (κ2) is 8.28. The molecule has 0 amide bonds. The van der Waals surface area contributed by atoms with Crippen LogP contribution in [0.15, 0.2) is 18.2 Å². The third-order valence-electron chi connectivity index (χ3n) is 3.88. The first-order valence-electron chi connectivity index (χ1n) is 7.36. The Morgan fingerprint density at radius 1 is 1.30 bits per heavy atom. The minimum atomic E-state index is 0.0582. The zero-order valence-corrected chi connectivity index (χ0v) is 13.5. The first-order chi connectivity index (χ1) is 9.51. The zero-order chi connectivity index (χ0) is 15.1. The molecule has 20 heavy (non-hydrogen) atoms. The molecule has 1 rings (SSSR count). The molecule has 0 radical (unpaired) electrons. The van der Waals surface area contributed by atoms with Crippen LogP contribution < -0.4 is 5.73 Å². The van der Waals surface area contributed by atoms with Crippen LogP contribution in [0.2, 0.25) is 5.02 Å². The van der Waals surface area contributed by atoms with Gasteiger partial charge in [-0.25, -0.2) is 0 Å². The summed E-state index contributed by atoms with van der Waals surface area (Å²) in [5.41, 5.74) is 7.26. The fourth-order valence-corrected chi connectivity index (χ4v) is 2.54. The van der Waals surface area contributed by atoms with Crippen molar-refractivity contribution < 1.29 is 0 Å². The van der Waals surface area contributed by atoms with Crippen LogP contribution in [-0.2, 0) is 6.54 Å². The predicted octanol–water partition coefficient (Wildman–Crippen LogP) is 3.88. The zero-order valence-electron chi connectivity index (χ0n) is 12.7. The fraction of sp³-hybridized carbons (Fsp3) is 0.562. The molecule has 0 unspecified atom stereocenters. The first kappa shape index (κ1) is 17.0. The molecule has 0 aliphatic carbocycles. The molecule has 112 valence electrons. The number of nitrogens with two attached hydrogens (primary N) is 1. The quantitative estimate of drug-likeness (QED) is 0.565. The molecule has 0 aliphatic heterocycles. The van der Waals surface area contributed by atoms with Gasteiger partial charge < -0.3 is 5.73 Å². The number of nitrogens with one attached hydrogen (secondary N) is 1. The lowest BCUT2D eigenvalue weighted by Crippen LogP contribution is -2.28. The van der Waals surface area contributed by atoms with Gasteiger partial charge in [0.2, 0.25) is 0 Å². The van der Waals surface area contributed by atoms with Crippen LogP contribution in [0.1, 0.15) is 44.7 Å². The molecular formula is C16H26ClN3.